The number of hydrogen-bond donors (Lipinski definition) is 1. The van der Waals surface area contributed by atoms with E-state index in [4.69, 9.17) is 5.11 Å². The van der Waals surface area contributed by atoms with Gasteiger partial charge in [0.05, 0.1) is 0 Å². The molecule has 4 heteroatoms. The lowest BCUT2D eigenvalue weighted by Gasteiger charge is -2.24. The molecule has 2 nitrogen and oxygen atoms in total. The number of hydrogen-bond acceptors (Lipinski definition) is 1. The summed E-state index contributed by atoms with van der Waals surface area (Å²) in [5.41, 5.74) is 0. The van der Waals surface area contributed by atoms with Gasteiger partial charge in [0.2, 0.25) is 0 Å². The normalized spacial score (nSPS) is 13.8. The summed E-state index contributed by atoms with van der Waals surface area (Å²) >= 11 is 7.46. The molecule has 0 bridgehead atoms. The monoisotopic (exact) mass is 468 g/mol. The van der Waals surface area contributed by atoms with Gasteiger partial charge in [-0.1, -0.05) is 103 Å². The fourth-order valence-corrected chi connectivity index (χ4v) is 4.98. The molecule has 2 unspecified atom stereocenters. The van der Waals surface area contributed by atoms with E-state index in [-0.39, 0.29) is 0 Å². The lowest BCUT2D eigenvalue weighted by atomic mass is 9.86. The first kappa shape index (κ1) is 24.4. The molecule has 0 saturated carbocycles. The first-order chi connectivity index (χ1) is 11.7. The summed E-state index contributed by atoms with van der Waals surface area (Å²) in [4.78, 5) is 10.5. The Labute approximate surface area is 166 Å². The van der Waals surface area contributed by atoms with Gasteiger partial charge in [-0.2, -0.15) is 0 Å². The van der Waals surface area contributed by atoms with Crippen LogP contribution in [-0.4, -0.2) is 21.7 Å². The second-order valence-electron chi connectivity index (χ2n) is 7.09. The third-order valence-electron chi connectivity index (χ3n) is 4.96. The van der Waals surface area contributed by atoms with E-state index in [1.54, 1.807) is 0 Å². The third kappa shape index (κ3) is 14.7. The van der Waals surface area contributed by atoms with Crippen molar-refractivity contribution in [3.8, 4) is 0 Å². The van der Waals surface area contributed by atoms with E-state index in [0.29, 0.717) is 6.42 Å². The van der Waals surface area contributed by atoms with E-state index in [1.165, 1.54) is 70.6 Å². The Kier molecular flexibility index (Phi) is 18.6. The van der Waals surface area contributed by atoms with E-state index >= 15 is 0 Å². The van der Waals surface area contributed by atoms with Crippen LogP contribution in [0.5, 0.6) is 0 Å². The van der Waals surface area contributed by atoms with Crippen LogP contribution in [0, 0.1) is 11.8 Å². The fraction of sp³-hybridized carbons (Fsp3) is 0.950. The Morgan fingerprint density at radius 2 is 1.17 bits per heavy atom. The lowest BCUT2D eigenvalue weighted by molar-refractivity contribution is -0.137. The molecule has 0 saturated heterocycles. The molecule has 2 atom stereocenters. The quantitative estimate of drug-likeness (QED) is 0.166. The predicted octanol–water partition coefficient (Wildman–Crippen LogP) is 7.57. The van der Waals surface area contributed by atoms with Crippen LogP contribution in [0.25, 0.3) is 0 Å². The van der Waals surface area contributed by atoms with Gasteiger partial charge in [-0.25, -0.2) is 0 Å². The number of carboxylic acid groups (broad SMARTS) is 1. The summed E-state index contributed by atoms with van der Waals surface area (Å²) in [6.45, 7) is 2.27. The summed E-state index contributed by atoms with van der Waals surface area (Å²) in [5.74, 6) is 0.908. The highest BCUT2D eigenvalue weighted by Crippen LogP contribution is 2.28. The van der Waals surface area contributed by atoms with E-state index in [0.717, 1.165) is 35.3 Å². The highest BCUT2D eigenvalue weighted by molar-refractivity contribution is 9.09. The highest BCUT2D eigenvalue weighted by Gasteiger charge is 2.18. The SMILES string of the molecule is CCCCCCCCC(CBr)C(CBr)CCCCCCCC(=O)O. The van der Waals surface area contributed by atoms with Crippen molar-refractivity contribution in [3.05, 3.63) is 0 Å². The number of unbranched alkanes of at least 4 members (excludes halogenated alkanes) is 9. The first-order valence-corrected chi connectivity index (χ1v) is 12.2. The second-order valence-corrected chi connectivity index (χ2v) is 8.38. The Morgan fingerprint density at radius 1 is 0.750 bits per heavy atom. The largest absolute Gasteiger partial charge is 0.481 e. The zero-order valence-electron chi connectivity index (χ0n) is 15.6. The highest BCUT2D eigenvalue weighted by atomic mass is 79.9. The molecule has 0 fully saturated rings. The maximum atomic E-state index is 10.5. The Morgan fingerprint density at radius 3 is 1.58 bits per heavy atom. The van der Waals surface area contributed by atoms with Crippen LogP contribution in [-0.2, 0) is 4.79 Å². The predicted molar refractivity (Wildman–Crippen MR) is 113 cm³/mol. The number of carboxylic acids is 1. The molecule has 144 valence electrons. The van der Waals surface area contributed by atoms with Crippen LogP contribution in [0.3, 0.4) is 0 Å². The van der Waals surface area contributed by atoms with Crippen molar-refractivity contribution >= 4 is 37.8 Å². The van der Waals surface area contributed by atoms with Crippen LogP contribution >= 0.6 is 31.9 Å². The number of aliphatic carboxylic acids is 1. The molecule has 0 aliphatic carbocycles. The molecule has 0 aliphatic heterocycles. The van der Waals surface area contributed by atoms with Crippen molar-refractivity contribution < 1.29 is 9.90 Å². The van der Waals surface area contributed by atoms with E-state index < -0.39 is 5.97 Å². The van der Waals surface area contributed by atoms with Gasteiger partial charge in [-0.05, 0) is 31.1 Å². The molecular formula is C20H38Br2O2. The topological polar surface area (TPSA) is 37.3 Å². The second kappa shape index (κ2) is 18.2. The molecular weight excluding hydrogens is 432 g/mol. The van der Waals surface area contributed by atoms with Crippen LogP contribution in [0.4, 0.5) is 0 Å². The van der Waals surface area contributed by atoms with Crippen molar-refractivity contribution in [2.75, 3.05) is 10.7 Å². The lowest BCUT2D eigenvalue weighted by Crippen LogP contribution is -2.18. The summed E-state index contributed by atoms with van der Waals surface area (Å²) in [7, 11) is 0. The van der Waals surface area contributed by atoms with Gasteiger partial charge in [0.15, 0.2) is 0 Å². The molecule has 1 N–H and O–H groups in total. The van der Waals surface area contributed by atoms with Gasteiger partial charge in [0.1, 0.15) is 0 Å². The number of alkyl halides is 2. The Hall–Kier alpha value is 0.430. The van der Waals surface area contributed by atoms with Crippen LogP contribution < -0.4 is 0 Å². The van der Waals surface area contributed by atoms with Crippen molar-refractivity contribution in [1.82, 2.24) is 0 Å². The number of carbonyl (C=O) groups is 1. The summed E-state index contributed by atoms with van der Waals surface area (Å²) in [5, 5.41) is 10.9. The van der Waals surface area contributed by atoms with E-state index in [9.17, 15) is 4.79 Å². The average molecular weight is 470 g/mol. The maximum absolute atomic E-state index is 10.5. The van der Waals surface area contributed by atoms with E-state index in [2.05, 4.69) is 38.8 Å². The van der Waals surface area contributed by atoms with Gasteiger partial charge in [-0.15, -0.1) is 0 Å². The molecule has 24 heavy (non-hydrogen) atoms. The number of rotatable bonds is 18. The van der Waals surface area contributed by atoms with Crippen LogP contribution in [0.15, 0.2) is 0 Å². The van der Waals surface area contributed by atoms with Crippen LogP contribution in [0.2, 0.25) is 0 Å². The standard InChI is InChI=1S/C20H38Br2O2/c1-2-3-4-5-7-10-13-18(16-21)19(17-22)14-11-8-6-9-12-15-20(23)24/h18-19H,2-17H2,1H3,(H,23,24). The molecule has 0 radical (unpaired) electrons. The average Bonchev–Trinajstić information content (AvgIpc) is 2.57. The van der Waals surface area contributed by atoms with Gasteiger partial charge in [0, 0.05) is 17.1 Å². The third-order valence-corrected chi connectivity index (χ3v) is 6.62. The fourth-order valence-electron chi connectivity index (χ4n) is 3.28. The minimum absolute atomic E-state index is 0.327. The molecule has 0 aromatic carbocycles. The summed E-state index contributed by atoms with van der Waals surface area (Å²) in [6.07, 6.45) is 16.9. The van der Waals surface area contributed by atoms with Crippen molar-refractivity contribution in [1.29, 1.82) is 0 Å². The molecule has 0 aromatic heterocycles. The van der Waals surface area contributed by atoms with Crippen molar-refractivity contribution in [2.24, 2.45) is 11.8 Å². The van der Waals surface area contributed by atoms with Gasteiger partial charge < -0.3 is 5.11 Å². The zero-order valence-corrected chi connectivity index (χ0v) is 18.8. The maximum Gasteiger partial charge on any atom is 0.303 e. The number of halogens is 2. The molecule has 0 heterocycles. The molecule has 0 aromatic rings. The van der Waals surface area contributed by atoms with Gasteiger partial charge >= 0.3 is 5.97 Å². The minimum atomic E-state index is -0.663. The summed E-state index contributed by atoms with van der Waals surface area (Å²) in [6, 6.07) is 0. The van der Waals surface area contributed by atoms with E-state index in [1.807, 2.05) is 0 Å². The minimum Gasteiger partial charge on any atom is -0.481 e. The van der Waals surface area contributed by atoms with Crippen molar-refractivity contribution in [2.45, 2.75) is 96.8 Å². The smallest absolute Gasteiger partial charge is 0.303 e. The molecule has 0 aliphatic rings. The van der Waals surface area contributed by atoms with Crippen LogP contribution in [0.1, 0.15) is 96.8 Å². The first-order valence-electron chi connectivity index (χ1n) is 9.99. The molecule has 0 rings (SSSR count). The van der Waals surface area contributed by atoms with Crippen molar-refractivity contribution in [3.63, 3.8) is 0 Å². The molecule has 0 spiro atoms. The van der Waals surface area contributed by atoms with Gasteiger partial charge in [-0.3, -0.25) is 4.79 Å². The van der Waals surface area contributed by atoms with Gasteiger partial charge in [0.25, 0.3) is 0 Å². The Balaban J connectivity index is 3.75. The zero-order chi connectivity index (χ0) is 18.0. The molecule has 0 amide bonds. The Bertz CT molecular complexity index is 285. The summed E-state index contributed by atoms with van der Waals surface area (Å²) < 4.78 is 0.